The average Bonchev–Trinajstić information content (AvgIpc) is 3.17. The fraction of sp³-hybridized carbons (Fsp3) is 0.550. The highest BCUT2D eigenvalue weighted by Crippen LogP contribution is 2.36. The molecule has 4 aliphatic heterocycles. The molecule has 4 aliphatic rings. The number of amides is 3. The predicted octanol–water partition coefficient (Wildman–Crippen LogP) is 0.385. The minimum Gasteiger partial charge on any atom is -0.322 e. The first-order valence-corrected chi connectivity index (χ1v) is 9.79. The molecule has 0 radical (unpaired) electrons. The molecule has 1 atom stereocenters. The topological polar surface area (TPSA) is 81.8 Å². The molecule has 1 aromatic carbocycles. The maximum absolute atomic E-state index is 13.2. The van der Waals surface area contributed by atoms with Crippen molar-refractivity contribution < 1.29 is 14.4 Å². The van der Waals surface area contributed by atoms with Gasteiger partial charge in [0.15, 0.2) is 0 Å². The molecule has 5 rings (SSSR count). The molecule has 3 fully saturated rings. The van der Waals surface area contributed by atoms with Crippen molar-refractivity contribution in [2.24, 2.45) is 0 Å². The molecule has 7 nitrogen and oxygen atoms in total. The summed E-state index contributed by atoms with van der Waals surface area (Å²) in [5, 5.41) is 5.76. The third-order valence-corrected chi connectivity index (χ3v) is 6.65. The molecule has 1 aromatic rings. The van der Waals surface area contributed by atoms with Gasteiger partial charge >= 0.3 is 0 Å². The first-order valence-electron chi connectivity index (χ1n) is 9.79. The molecular weight excluding hydrogens is 344 g/mol. The zero-order valence-electron chi connectivity index (χ0n) is 15.3. The van der Waals surface area contributed by atoms with Gasteiger partial charge in [0.2, 0.25) is 11.8 Å². The highest BCUT2D eigenvalue weighted by atomic mass is 16.2. The second kappa shape index (κ2) is 6.14. The number of piperidine rings is 1. The quantitative estimate of drug-likeness (QED) is 0.754. The summed E-state index contributed by atoms with van der Waals surface area (Å²) < 4.78 is 0. The van der Waals surface area contributed by atoms with E-state index in [2.05, 4.69) is 15.5 Å². The summed E-state index contributed by atoms with van der Waals surface area (Å²) in [7, 11) is 0. The first kappa shape index (κ1) is 16.9. The Morgan fingerprint density at radius 1 is 1.19 bits per heavy atom. The summed E-state index contributed by atoms with van der Waals surface area (Å²) in [6.07, 6.45) is 3.10. The van der Waals surface area contributed by atoms with E-state index in [0.717, 1.165) is 42.9 Å². The average molecular weight is 368 g/mol. The molecule has 0 aromatic heterocycles. The van der Waals surface area contributed by atoms with Crippen LogP contribution in [0.5, 0.6) is 0 Å². The van der Waals surface area contributed by atoms with Gasteiger partial charge in [0.1, 0.15) is 6.04 Å². The predicted molar refractivity (Wildman–Crippen MR) is 97.7 cm³/mol. The van der Waals surface area contributed by atoms with Crippen molar-refractivity contribution in [1.29, 1.82) is 0 Å². The van der Waals surface area contributed by atoms with Crippen LogP contribution in [0.4, 0.5) is 0 Å². The second-order valence-corrected chi connectivity index (χ2v) is 8.20. The van der Waals surface area contributed by atoms with Crippen LogP contribution >= 0.6 is 0 Å². The zero-order chi connectivity index (χ0) is 18.6. The Balaban J connectivity index is 1.40. The number of carbonyl (C=O) groups is 3. The molecule has 3 saturated heterocycles. The fourth-order valence-electron chi connectivity index (χ4n) is 5.08. The second-order valence-electron chi connectivity index (χ2n) is 8.20. The van der Waals surface area contributed by atoms with Gasteiger partial charge in [-0.25, -0.2) is 0 Å². The number of fused-ring (bicyclic) bond motifs is 1. The highest BCUT2D eigenvalue weighted by molar-refractivity contribution is 6.05. The smallest absolute Gasteiger partial charge is 0.255 e. The Labute approximate surface area is 158 Å². The molecule has 3 amide bonds. The lowest BCUT2D eigenvalue weighted by Gasteiger charge is -2.46. The van der Waals surface area contributed by atoms with E-state index >= 15 is 0 Å². The molecule has 0 aliphatic carbocycles. The van der Waals surface area contributed by atoms with E-state index < -0.39 is 6.04 Å². The molecule has 7 heteroatoms. The minimum atomic E-state index is -0.551. The number of benzene rings is 1. The van der Waals surface area contributed by atoms with E-state index in [1.54, 1.807) is 4.90 Å². The van der Waals surface area contributed by atoms with Crippen LogP contribution in [0.1, 0.15) is 47.2 Å². The van der Waals surface area contributed by atoms with E-state index in [9.17, 15) is 14.4 Å². The normalized spacial score (nSPS) is 27.0. The van der Waals surface area contributed by atoms with Gasteiger partial charge in [0, 0.05) is 43.7 Å². The van der Waals surface area contributed by atoms with Crippen molar-refractivity contribution in [1.82, 2.24) is 20.4 Å². The lowest BCUT2D eigenvalue weighted by molar-refractivity contribution is -0.136. The van der Waals surface area contributed by atoms with Gasteiger partial charge in [-0.3, -0.25) is 24.6 Å². The van der Waals surface area contributed by atoms with Crippen LogP contribution in [0.3, 0.4) is 0 Å². The summed E-state index contributed by atoms with van der Waals surface area (Å²) in [6, 6.07) is 5.48. The summed E-state index contributed by atoms with van der Waals surface area (Å²) >= 11 is 0. The number of likely N-dealkylation sites (tertiary alicyclic amines) is 1. The van der Waals surface area contributed by atoms with Crippen LogP contribution in [0, 0.1) is 0 Å². The van der Waals surface area contributed by atoms with Gasteiger partial charge in [-0.1, -0.05) is 18.2 Å². The molecule has 1 spiro atoms. The van der Waals surface area contributed by atoms with Crippen molar-refractivity contribution in [2.75, 3.05) is 19.6 Å². The Morgan fingerprint density at radius 2 is 2.04 bits per heavy atom. The molecule has 0 saturated carbocycles. The van der Waals surface area contributed by atoms with Crippen molar-refractivity contribution in [2.45, 2.75) is 50.4 Å². The van der Waals surface area contributed by atoms with E-state index in [1.165, 1.54) is 12.8 Å². The number of imide groups is 1. The van der Waals surface area contributed by atoms with Gasteiger partial charge in [-0.2, -0.15) is 0 Å². The van der Waals surface area contributed by atoms with Crippen molar-refractivity contribution in [3.05, 3.63) is 34.9 Å². The van der Waals surface area contributed by atoms with Crippen LogP contribution in [-0.4, -0.2) is 58.7 Å². The van der Waals surface area contributed by atoms with Gasteiger partial charge in [0.25, 0.3) is 5.91 Å². The zero-order valence-corrected chi connectivity index (χ0v) is 15.3. The number of hydrogen-bond acceptors (Lipinski definition) is 5. The molecule has 142 valence electrons. The third kappa shape index (κ3) is 2.60. The number of nitrogens with one attached hydrogen (secondary N) is 2. The van der Waals surface area contributed by atoms with Crippen molar-refractivity contribution in [3.63, 3.8) is 0 Å². The van der Waals surface area contributed by atoms with Gasteiger partial charge in [0.05, 0.1) is 0 Å². The number of hydrogen-bond donors (Lipinski definition) is 2. The SMILES string of the molecule is O=C1CCC(N2Cc3cccc(CN4CCCC45CNC5)c3C2=O)C(=O)N1. The summed E-state index contributed by atoms with van der Waals surface area (Å²) in [6.45, 7) is 4.34. The lowest BCUT2D eigenvalue weighted by atomic mass is 9.89. The van der Waals surface area contributed by atoms with Crippen LogP contribution in [0.15, 0.2) is 18.2 Å². The molecule has 2 N–H and O–H groups in total. The van der Waals surface area contributed by atoms with Crippen LogP contribution in [0.25, 0.3) is 0 Å². The van der Waals surface area contributed by atoms with E-state index in [4.69, 9.17) is 0 Å². The fourth-order valence-corrected chi connectivity index (χ4v) is 5.08. The van der Waals surface area contributed by atoms with Gasteiger partial charge in [-0.15, -0.1) is 0 Å². The third-order valence-electron chi connectivity index (χ3n) is 6.65. The molecule has 27 heavy (non-hydrogen) atoms. The van der Waals surface area contributed by atoms with Crippen molar-refractivity contribution >= 4 is 17.7 Å². The largest absolute Gasteiger partial charge is 0.322 e. The molecular formula is C20H24N4O3. The van der Waals surface area contributed by atoms with Crippen LogP contribution in [-0.2, 0) is 22.7 Å². The van der Waals surface area contributed by atoms with Crippen LogP contribution in [0.2, 0.25) is 0 Å². The number of nitrogens with zero attached hydrogens (tertiary/aromatic N) is 2. The standard InChI is InChI=1S/C20H24N4O3/c25-16-6-5-15(18(26)22-16)24-10-14-4-1-3-13(17(14)19(24)27)9-23-8-2-7-20(23)11-21-12-20/h1,3-4,15,21H,2,5-12H2,(H,22,25,26). The minimum absolute atomic E-state index is 0.0740. The highest BCUT2D eigenvalue weighted by Gasteiger charge is 2.46. The summed E-state index contributed by atoms with van der Waals surface area (Å²) in [5.74, 6) is -0.683. The Morgan fingerprint density at radius 3 is 2.78 bits per heavy atom. The number of carbonyl (C=O) groups excluding carboxylic acids is 3. The van der Waals surface area contributed by atoms with E-state index in [0.29, 0.717) is 13.0 Å². The van der Waals surface area contributed by atoms with Gasteiger partial charge < -0.3 is 10.2 Å². The Bertz CT molecular complexity index is 833. The molecule has 4 heterocycles. The maximum atomic E-state index is 13.2. The lowest BCUT2D eigenvalue weighted by Crippen LogP contribution is -2.65. The summed E-state index contributed by atoms with van der Waals surface area (Å²) in [4.78, 5) is 41.0. The molecule has 1 unspecified atom stereocenters. The molecule has 0 bridgehead atoms. The first-order chi connectivity index (χ1) is 13.1. The number of rotatable bonds is 3. The monoisotopic (exact) mass is 368 g/mol. The van der Waals surface area contributed by atoms with E-state index in [1.807, 2.05) is 18.2 Å². The van der Waals surface area contributed by atoms with Gasteiger partial charge in [-0.05, 0) is 36.9 Å². The Kier molecular flexibility index (Phi) is 3.84. The summed E-state index contributed by atoms with van der Waals surface area (Å²) in [5.41, 5.74) is 3.06. The maximum Gasteiger partial charge on any atom is 0.255 e. The Hall–Kier alpha value is -2.25. The van der Waals surface area contributed by atoms with Crippen LogP contribution < -0.4 is 10.6 Å². The van der Waals surface area contributed by atoms with Crippen molar-refractivity contribution in [3.8, 4) is 0 Å². The van der Waals surface area contributed by atoms with E-state index in [-0.39, 0.29) is 29.7 Å².